The van der Waals surface area contributed by atoms with Crippen molar-refractivity contribution in [2.24, 2.45) is 0 Å². The number of anilines is 2. The molecule has 10 nitrogen and oxygen atoms in total. The van der Waals surface area contributed by atoms with Crippen LogP contribution in [0.2, 0.25) is 0 Å². The molecule has 6 aromatic rings. The summed E-state index contributed by atoms with van der Waals surface area (Å²) in [6, 6.07) is 7.39. The summed E-state index contributed by atoms with van der Waals surface area (Å²) in [5, 5.41) is 10.5. The Morgan fingerprint density at radius 2 is 1.34 bits per heavy atom. The average Bonchev–Trinajstić information content (AvgIpc) is 3.64. The Bertz CT molecular complexity index is 1530. The van der Waals surface area contributed by atoms with Gasteiger partial charge in [-0.2, -0.15) is 28.7 Å². The molecule has 0 fully saturated rings. The van der Waals surface area contributed by atoms with Gasteiger partial charge in [0.15, 0.2) is 0 Å². The van der Waals surface area contributed by atoms with Crippen molar-refractivity contribution in [2.45, 2.75) is 13.1 Å². The van der Waals surface area contributed by atoms with Crippen molar-refractivity contribution in [1.29, 1.82) is 0 Å². The number of H-pyrrole nitrogens is 2. The highest BCUT2D eigenvalue weighted by Gasteiger charge is 2.09. The smallest absolute Gasteiger partial charge is 0.312 e. The number of aromatic amines is 2. The zero-order valence-corrected chi connectivity index (χ0v) is 18.9. The topological polar surface area (TPSA) is 133 Å². The van der Waals surface area contributed by atoms with Crippen LogP contribution >= 0.6 is 11.3 Å². The number of thiazole rings is 1. The lowest BCUT2D eigenvalue weighted by molar-refractivity contribution is 0.544. The summed E-state index contributed by atoms with van der Waals surface area (Å²) < 4.78 is 26.4. The summed E-state index contributed by atoms with van der Waals surface area (Å²) in [5.74, 6) is 0.958. The van der Waals surface area contributed by atoms with Gasteiger partial charge in [-0.15, -0.1) is 11.3 Å². The van der Waals surface area contributed by atoms with Crippen LogP contribution < -0.4 is 10.6 Å². The fourth-order valence-electron chi connectivity index (χ4n) is 3.28. The number of nitrogens with zero attached hydrogens (tertiary/aromatic N) is 6. The van der Waals surface area contributed by atoms with Crippen LogP contribution in [0.5, 0.6) is 0 Å². The van der Waals surface area contributed by atoms with E-state index in [1.807, 2.05) is 23.6 Å². The van der Waals surface area contributed by atoms with Crippen LogP contribution in [-0.4, -0.2) is 39.9 Å². The molecule has 0 radical (unpaired) electrons. The first kappa shape index (κ1) is 22.3. The van der Waals surface area contributed by atoms with E-state index in [0.29, 0.717) is 36.0 Å². The molecule has 35 heavy (non-hydrogen) atoms. The van der Waals surface area contributed by atoms with Gasteiger partial charge in [-0.05, 0) is 29.8 Å². The molecule has 0 bridgehead atoms. The van der Waals surface area contributed by atoms with Gasteiger partial charge < -0.3 is 20.6 Å². The van der Waals surface area contributed by atoms with E-state index in [1.165, 1.54) is 11.3 Å². The summed E-state index contributed by atoms with van der Waals surface area (Å²) >= 11 is 1.54. The Balaban J connectivity index is 0.000000145. The van der Waals surface area contributed by atoms with E-state index in [-0.39, 0.29) is 0 Å². The average molecular weight is 493 g/mol. The van der Waals surface area contributed by atoms with E-state index in [1.54, 1.807) is 37.1 Å². The minimum atomic E-state index is -0.749. The molecule has 0 amide bonds. The molecule has 13 heteroatoms. The number of rotatable bonds is 6. The van der Waals surface area contributed by atoms with Crippen LogP contribution in [0, 0.1) is 12.2 Å². The molecule has 0 aliphatic heterocycles. The molecule has 6 aromatic heterocycles. The number of halogens is 2. The quantitative estimate of drug-likeness (QED) is 0.253. The first-order valence-corrected chi connectivity index (χ1v) is 11.3. The second kappa shape index (κ2) is 10.2. The lowest BCUT2D eigenvalue weighted by Crippen LogP contribution is -2.04. The highest BCUT2D eigenvalue weighted by atomic mass is 32.1. The first-order chi connectivity index (χ1) is 17.2. The molecule has 0 saturated carbocycles. The fourth-order valence-corrected chi connectivity index (χ4v) is 3.84. The second-order valence-electron chi connectivity index (χ2n) is 7.15. The molecule has 176 valence electrons. The Morgan fingerprint density at radius 1 is 0.743 bits per heavy atom. The molecule has 0 aliphatic rings. The van der Waals surface area contributed by atoms with Crippen molar-refractivity contribution < 1.29 is 8.78 Å². The lowest BCUT2D eigenvalue weighted by Gasteiger charge is -2.06. The molecule has 0 spiro atoms. The van der Waals surface area contributed by atoms with Gasteiger partial charge in [0.1, 0.15) is 27.9 Å². The number of hydrogen-bond acceptors (Lipinski definition) is 9. The summed E-state index contributed by atoms with van der Waals surface area (Å²) in [5.41, 5.74) is 2.02. The van der Waals surface area contributed by atoms with Gasteiger partial charge in [-0.1, -0.05) is 0 Å². The number of pyridine rings is 1. The number of hydrogen-bond donors (Lipinski definition) is 4. The first-order valence-electron chi connectivity index (χ1n) is 10.4. The minimum absolute atomic E-state index is 0.476. The molecule has 0 atom stereocenters. The van der Waals surface area contributed by atoms with E-state index in [0.717, 1.165) is 21.3 Å². The van der Waals surface area contributed by atoms with Crippen LogP contribution in [0.15, 0.2) is 60.6 Å². The predicted octanol–water partition coefficient (Wildman–Crippen LogP) is 4.27. The maximum atomic E-state index is 13.2. The molecule has 0 saturated heterocycles. The zero-order chi connectivity index (χ0) is 24.0. The van der Waals surface area contributed by atoms with Crippen LogP contribution in [0.1, 0.15) is 10.6 Å². The van der Waals surface area contributed by atoms with E-state index in [9.17, 15) is 8.78 Å². The third kappa shape index (κ3) is 5.35. The van der Waals surface area contributed by atoms with Gasteiger partial charge in [-0.3, -0.25) is 4.98 Å². The Kier molecular flexibility index (Phi) is 6.48. The molecular formula is C22H18F2N10S. The standard InChI is InChI=1S/C12H10FN5.C10H8FN5S/c13-12-17-10-9(3-6-15-10)11(18-12)16-7-8-1-4-14-5-2-8;11-10-15-8-6(1-2-13-8)9(16-10)14-5-7-12-3-4-17-7/h1-6H,7H2,(H2,15,16,17,18);1-4H,5H2,(H2,13,14,15,16). The van der Waals surface area contributed by atoms with Crippen molar-refractivity contribution in [1.82, 2.24) is 39.9 Å². The predicted molar refractivity (Wildman–Crippen MR) is 129 cm³/mol. The highest BCUT2D eigenvalue weighted by Crippen LogP contribution is 2.20. The summed E-state index contributed by atoms with van der Waals surface area (Å²) in [6.45, 7) is 1.08. The largest absolute Gasteiger partial charge is 0.365 e. The van der Waals surface area contributed by atoms with E-state index in [2.05, 4.69) is 50.5 Å². The summed E-state index contributed by atoms with van der Waals surface area (Å²) in [4.78, 5) is 28.6. The monoisotopic (exact) mass is 492 g/mol. The second-order valence-corrected chi connectivity index (χ2v) is 8.13. The van der Waals surface area contributed by atoms with E-state index < -0.39 is 12.2 Å². The van der Waals surface area contributed by atoms with Crippen molar-refractivity contribution in [3.05, 3.63) is 83.4 Å². The van der Waals surface area contributed by atoms with Crippen molar-refractivity contribution in [3.8, 4) is 0 Å². The van der Waals surface area contributed by atoms with Gasteiger partial charge in [0.05, 0.1) is 17.3 Å². The number of aromatic nitrogens is 8. The third-order valence-corrected chi connectivity index (χ3v) is 5.66. The zero-order valence-electron chi connectivity index (χ0n) is 18.0. The number of fused-ring (bicyclic) bond motifs is 2. The fraction of sp³-hybridized carbons (Fsp3) is 0.0909. The Hall–Kier alpha value is -4.52. The van der Waals surface area contributed by atoms with Crippen LogP contribution in [0.3, 0.4) is 0 Å². The normalized spacial score (nSPS) is 10.8. The van der Waals surface area contributed by atoms with Crippen molar-refractivity contribution in [2.75, 3.05) is 10.6 Å². The summed E-state index contributed by atoms with van der Waals surface area (Å²) in [6.07, 6.45) is 7.06. The molecule has 0 aromatic carbocycles. The van der Waals surface area contributed by atoms with Crippen LogP contribution in [0.25, 0.3) is 22.1 Å². The molecule has 0 unspecified atom stereocenters. The van der Waals surface area contributed by atoms with Gasteiger partial charge in [-0.25, -0.2) is 4.98 Å². The number of nitrogens with one attached hydrogen (secondary N) is 4. The van der Waals surface area contributed by atoms with Gasteiger partial charge >= 0.3 is 12.2 Å². The molecular weight excluding hydrogens is 474 g/mol. The van der Waals surface area contributed by atoms with Crippen LogP contribution in [-0.2, 0) is 13.1 Å². The SMILES string of the molecule is Fc1nc(NCc2ccncc2)c2cc[nH]c2n1.Fc1nc(NCc2nccs2)c2cc[nH]c2n1. The van der Waals surface area contributed by atoms with Gasteiger partial charge in [0.25, 0.3) is 0 Å². The maximum Gasteiger partial charge on any atom is 0.312 e. The van der Waals surface area contributed by atoms with E-state index in [4.69, 9.17) is 0 Å². The molecule has 4 N–H and O–H groups in total. The molecule has 0 aliphatic carbocycles. The molecule has 6 rings (SSSR count). The molecule has 6 heterocycles. The van der Waals surface area contributed by atoms with Gasteiger partial charge in [0, 0.05) is 42.9 Å². The van der Waals surface area contributed by atoms with Crippen LogP contribution in [0.4, 0.5) is 20.4 Å². The van der Waals surface area contributed by atoms with Crippen molar-refractivity contribution in [3.63, 3.8) is 0 Å². The Labute approximate surface area is 201 Å². The minimum Gasteiger partial charge on any atom is -0.365 e. The van der Waals surface area contributed by atoms with Gasteiger partial charge in [0.2, 0.25) is 0 Å². The lowest BCUT2D eigenvalue weighted by atomic mass is 10.2. The maximum absolute atomic E-state index is 13.2. The third-order valence-electron chi connectivity index (χ3n) is 4.88. The summed E-state index contributed by atoms with van der Waals surface area (Å²) in [7, 11) is 0. The highest BCUT2D eigenvalue weighted by molar-refractivity contribution is 7.09. The van der Waals surface area contributed by atoms with Crippen molar-refractivity contribution >= 4 is 45.0 Å². The van der Waals surface area contributed by atoms with E-state index >= 15 is 0 Å². The Morgan fingerprint density at radius 3 is 1.91 bits per heavy atom.